The average molecular weight is 168 g/mol. The van der Waals surface area contributed by atoms with E-state index in [1.165, 1.54) is 0 Å². The molecule has 0 atom stereocenters. The van der Waals surface area contributed by atoms with Crippen LogP contribution in [0.3, 0.4) is 0 Å². The number of hydrogen-bond donors (Lipinski definition) is 0. The lowest BCUT2D eigenvalue weighted by atomic mass is 10.1. The molecule has 0 aromatic heterocycles. The second kappa shape index (κ2) is 7.08. The maximum atomic E-state index is 11.0. The fourth-order valence-electron chi connectivity index (χ4n) is 1.27. The summed E-state index contributed by atoms with van der Waals surface area (Å²) in [6, 6.07) is 0. The maximum Gasteiger partial charge on any atom is 0.158 e. The molecule has 1 nitrogen and oxygen atoms in total. The summed E-state index contributed by atoms with van der Waals surface area (Å²) in [6.07, 6.45) is 7.22. The minimum absolute atomic E-state index is 0.383. The van der Waals surface area contributed by atoms with Crippen molar-refractivity contribution in [3.05, 3.63) is 11.6 Å². The van der Waals surface area contributed by atoms with Crippen LogP contribution in [0.4, 0.5) is 0 Å². The van der Waals surface area contributed by atoms with Crippen LogP contribution in [0.5, 0.6) is 0 Å². The topological polar surface area (TPSA) is 17.1 Å². The van der Waals surface area contributed by atoms with E-state index in [0.717, 1.165) is 37.7 Å². The van der Waals surface area contributed by atoms with Gasteiger partial charge in [0, 0.05) is 6.42 Å². The molecule has 0 N–H and O–H groups in total. The molecule has 0 aliphatic heterocycles. The van der Waals surface area contributed by atoms with Crippen molar-refractivity contribution in [1.29, 1.82) is 0 Å². The molecular formula is C11H20O. The molecule has 1 fully saturated rings. The van der Waals surface area contributed by atoms with E-state index >= 15 is 0 Å². The molecule has 0 aromatic rings. The van der Waals surface area contributed by atoms with E-state index in [2.05, 4.69) is 13.0 Å². The second-order valence-electron chi connectivity index (χ2n) is 2.79. The van der Waals surface area contributed by atoms with E-state index in [0.29, 0.717) is 5.78 Å². The van der Waals surface area contributed by atoms with Crippen LogP contribution in [0.25, 0.3) is 0 Å². The molecule has 0 amide bonds. The van der Waals surface area contributed by atoms with Gasteiger partial charge in [-0.2, -0.15) is 0 Å². The summed E-state index contributed by atoms with van der Waals surface area (Å²) in [5.74, 6) is 0.383. The normalized spacial score (nSPS) is 19.2. The minimum Gasteiger partial charge on any atom is -0.295 e. The summed E-state index contributed by atoms with van der Waals surface area (Å²) in [4.78, 5) is 11.0. The van der Waals surface area contributed by atoms with Crippen LogP contribution >= 0.6 is 0 Å². The molecule has 1 aliphatic carbocycles. The zero-order valence-corrected chi connectivity index (χ0v) is 8.52. The van der Waals surface area contributed by atoms with E-state index in [1.807, 2.05) is 13.8 Å². The zero-order chi connectivity index (χ0) is 9.40. The van der Waals surface area contributed by atoms with Gasteiger partial charge in [0.1, 0.15) is 0 Å². The molecule has 0 bridgehead atoms. The van der Waals surface area contributed by atoms with Crippen molar-refractivity contribution in [1.82, 2.24) is 0 Å². The summed E-state index contributed by atoms with van der Waals surface area (Å²) in [6.45, 7) is 6.14. The van der Waals surface area contributed by atoms with E-state index in [9.17, 15) is 4.79 Å². The number of rotatable bonds is 2. The molecule has 0 heterocycles. The van der Waals surface area contributed by atoms with Gasteiger partial charge in [-0.1, -0.05) is 33.3 Å². The number of ketones is 1. The second-order valence-corrected chi connectivity index (χ2v) is 2.79. The number of hydrogen-bond acceptors (Lipinski definition) is 1. The third-order valence-electron chi connectivity index (χ3n) is 1.89. The highest BCUT2D eigenvalue weighted by Crippen LogP contribution is 2.20. The molecule has 0 aromatic carbocycles. The Morgan fingerprint density at radius 1 is 1.33 bits per heavy atom. The summed E-state index contributed by atoms with van der Waals surface area (Å²) >= 11 is 0. The Labute approximate surface area is 75.9 Å². The van der Waals surface area contributed by atoms with Gasteiger partial charge in [0.25, 0.3) is 0 Å². The highest BCUT2D eigenvalue weighted by Gasteiger charge is 2.15. The number of unbranched alkanes of at least 4 members (excludes halogenated alkanes) is 1. The lowest BCUT2D eigenvalue weighted by Crippen LogP contribution is -1.90. The highest BCUT2D eigenvalue weighted by molar-refractivity contribution is 5.97. The predicted molar refractivity (Wildman–Crippen MR) is 53.2 cm³/mol. The van der Waals surface area contributed by atoms with Crippen molar-refractivity contribution < 1.29 is 4.79 Å². The first-order valence-corrected chi connectivity index (χ1v) is 5.07. The highest BCUT2D eigenvalue weighted by atomic mass is 16.1. The Hall–Kier alpha value is -0.590. The van der Waals surface area contributed by atoms with Crippen molar-refractivity contribution >= 4 is 5.78 Å². The first-order chi connectivity index (χ1) is 5.84. The van der Waals surface area contributed by atoms with Gasteiger partial charge >= 0.3 is 0 Å². The van der Waals surface area contributed by atoms with Gasteiger partial charge in [-0.3, -0.25) is 4.79 Å². The van der Waals surface area contributed by atoms with E-state index in [-0.39, 0.29) is 0 Å². The quantitative estimate of drug-likeness (QED) is 0.577. The third-order valence-corrected chi connectivity index (χ3v) is 1.89. The zero-order valence-electron chi connectivity index (χ0n) is 8.52. The van der Waals surface area contributed by atoms with Crippen molar-refractivity contribution in [2.45, 2.75) is 52.9 Å². The molecule has 0 spiro atoms. The van der Waals surface area contributed by atoms with Gasteiger partial charge in [0.2, 0.25) is 0 Å². The minimum atomic E-state index is 0.383. The predicted octanol–water partition coefficient (Wildman–Crippen LogP) is 3.49. The van der Waals surface area contributed by atoms with Gasteiger partial charge < -0.3 is 0 Å². The van der Waals surface area contributed by atoms with Crippen LogP contribution in [-0.4, -0.2) is 5.78 Å². The monoisotopic (exact) mass is 168 g/mol. The van der Waals surface area contributed by atoms with Crippen molar-refractivity contribution in [3.63, 3.8) is 0 Å². The van der Waals surface area contributed by atoms with E-state index < -0.39 is 0 Å². The Bertz CT molecular complexity index is 156. The fraction of sp³-hybridized carbons (Fsp3) is 0.727. The van der Waals surface area contributed by atoms with Crippen LogP contribution in [0.15, 0.2) is 11.6 Å². The van der Waals surface area contributed by atoms with Crippen LogP contribution < -0.4 is 0 Å². The Balaban J connectivity index is 0.000000561. The number of allylic oxidation sites excluding steroid dienone is 2. The van der Waals surface area contributed by atoms with Crippen molar-refractivity contribution in [3.8, 4) is 0 Å². The van der Waals surface area contributed by atoms with Crippen LogP contribution in [0.2, 0.25) is 0 Å². The molecular weight excluding hydrogens is 148 g/mol. The first-order valence-electron chi connectivity index (χ1n) is 5.07. The molecule has 12 heavy (non-hydrogen) atoms. The van der Waals surface area contributed by atoms with Crippen LogP contribution in [0, 0.1) is 0 Å². The third kappa shape index (κ3) is 3.70. The van der Waals surface area contributed by atoms with Crippen LogP contribution in [0.1, 0.15) is 52.9 Å². The van der Waals surface area contributed by atoms with Crippen molar-refractivity contribution in [2.75, 3.05) is 0 Å². The smallest absolute Gasteiger partial charge is 0.158 e. The average Bonchev–Trinajstić information content (AvgIpc) is 2.51. The molecule has 0 unspecified atom stereocenters. The molecule has 1 aliphatic rings. The summed E-state index contributed by atoms with van der Waals surface area (Å²) < 4.78 is 0. The van der Waals surface area contributed by atoms with E-state index in [4.69, 9.17) is 0 Å². The van der Waals surface area contributed by atoms with Gasteiger partial charge in [0.15, 0.2) is 5.78 Å². The van der Waals surface area contributed by atoms with E-state index in [1.54, 1.807) is 0 Å². The number of carbonyl (C=O) groups is 1. The number of Topliss-reactive ketones (excluding diaryl/α,β-unsaturated/α-hetero) is 1. The molecule has 1 saturated carbocycles. The lowest BCUT2D eigenvalue weighted by Gasteiger charge is -1.91. The lowest BCUT2D eigenvalue weighted by molar-refractivity contribution is -0.114. The van der Waals surface area contributed by atoms with Gasteiger partial charge in [0.05, 0.1) is 0 Å². The Kier molecular flexibility index (Phi) is 6.73. The molecule has 70 valence electrons. The van der Waals surface area contributed by atoms with Gasteiger partial charge in [-0.25, -0.2) is 0 Å². The van der Waals surface area contributed by atoms with Gasteiger partial charge in [-0.05, 0) is 24.8 Å². The number of carbonyl (C=O) groups excluding carboxylic acids is 1. The van der Waals surface area contributed by atoms with Gasteiger partial charge in [-0.15, -0.1) is 0 Å². The summed E-state index contributed by atoms with van der Waals surface area (Å²) in [5, 5.41) is 0. The molecule has 0 radical (unpaired) electrons. The SMILES string of the molecule is CC.CCC/C=C1\CCCC1=O. The van der Waals surface area contributed by atoms with Crippen LogP contribution in [-0.2, 0) is 4.79 Å². The summed E-state index contributed by atoms with van der Waals surface area (Å²) in [5.41, 5.74) is 1.09. The largest absolute Gasteiger partial charge is 0.295 e. The molecule has 1 rings (SSSR count). The maximum absolute atomic E-state index is 11.0. The standard InChI is InChI=1S/C9H14O.C2H6/c1-2-3-5-8-6-4-7-9(8)10;1-2/h5H,2-4,6-7H2,1H3;1-2H3/b8-5+;. The Morgan fingerprint density at radius 2 is 2.00 bits per heavy atom. The summed E-state index contributed by atoms with van der Waals surface area (Å²) in [7, 11) is 0. The molecule has 0 saturated heterocycles. The Morgan fingerprint density at radius 3 is 2.42 bits per heavy atom. The fourth-order valence-corrected chi connectivity index (χ4v) is 1.27. The first kappa shape index (κ1) is 11.4. The molecule has 1 heteroatoms. The van der Waals surface area contributed by atoms with Crippen molar-refractivity contribution in [2.24, 2.45) is 0 Å².